The Bertz CT molecular complexity index is 485. The minimum Gasteiger partial charge on any atom is -0.480 e. The molecular formula is C11H16N4O5. The van der Waals surface area contributed by atoms with Gasteiger partial charge in [-0.15, -0.1) is 0 Å². The number of nitrogens with one attached hydrogen (secondary N) is 2. The second kappa shape index (κ2) is 7.77. The third-order valence-electron chi connectivity index (χ3n) is 2.11. The smallest absolute Gasteiger partial charge is 0.325 e. The van der Waals surface area contributed by atoms with Crippen LogP contribution in [-0.2, 0) is 20.9 Å². The third-order valence-corrected chi connectivity index (χ3v) is 2.11. The first-order valence-electron chi connectivity index (χ1n) is 5.96. The first-order valence-corrected chi connectivity index (χ1v) is 5.96. The Morgan fingerprint density at radius 3 is 2.85 bits per heavy atom. The van der Waals surface area contributed by atoms with Crippen LogP contribution in [0.5, 0.6) is 0 Å². The van der Waals surface area contributed by atoms with Crippen LogP contribution in [0.3, 0.4) is 0 Å². The van der Waals surface area contributed by atoms with E-state index in [1.54, 1.807) is 6.92 Å². The van der Waals surface area contributed by atoms with Crippen LogP contribution in [0, 0.1) is 0 Å². The number of hydrogen-bond acceptors (Lipinski definition) is 5. The number of carbonyl (C=O) groups excluding carboxylic acids is 2. The average molecular weight is 284 g/mol. The van der Waals surface area contributed by atoms with E-state index < -0.39 is 12.0 Å². The Kier molecular flexibility index (Phi) is 6.01. The molecule has 0 aromatic carbocycles. The maximum atomic E-state index is 11.5. The lowest BCUT2D eigenvalue weighted by Crippen LogP contribution is -2.30. The van der Waals surface area contributed by atoms with Crippen molar-refractivity contribution in [3.05, 3.63) is 12.4 Å². The summed E-state index contributed by atoms with van der Waals surface area (Å²) >= 11 is 0. The first kappa shape index (κ1) is 15.5. The molecule has 0 atom stereocenters. The van der Waals surface area contributed by atoms with Gasteiger partial charge in [-0.2, -0.15) is 5.10 Å². The van der Waals surface area contributed by atoms with Crippen LogP contribution in [0.15, 0.2) is 12.4 Å². The standard InChI is InChI=1S/C11H16N4O5/c1-2-20-10(18)3-4-12-11(19)14-8-5-13-15(6-8)7-9(16)17/h5-6H,2-4,7H2,1H3,(H,16,17)(H2,12,14,19). The van der Waals surface area contributed by atoms with E-state index in [2.05, 4.69) is 15.7 Å². The Hall–Kier alpha value is -2.58. The van der Waals surface area contributed by atoms with Gasteiger partial charge in [0, 0.05) is 12.7 Å². The molecule has 9 heteroatoms. The quantitative estimate of drug-likeness (QED) is 0.608. The molecule has 0 unspecified atom stereocenters. The summed E-state index contributed by atoms with van der Waals surface area (Å²) < 4.78 is 5.88. The summed E-state index contributed by atoms with van der Waals surface area (Å²) in [5.41, 5.74) is 0.361. The van der Waals surface area contributed by atoms with E-state index in [9.17, 15) is 14.4 Å². The number of ether oxygens (including phenoxy) is 1. The Morgan fingerprint density at radius 2 is 2.20 bits per heavy atom. The fourth-order valence-corrected chi connectivity index (χ4v) is 1.34. The number of rotatable bonds is 7. The third kappa shape index (κ3) is 5.85. The number of carbonyl (C=O) groups is 3. The van der Waals surface area contributed by atoms with Crippen molar-refractivity contribution in [1.29, 1.82) is 0 Å². The molecule has 0 aliphatic carbocycles. The van der Waals surface area contributed by atoms with E-state index in [1.165, 1.54) is 17.1 Å². The molecule has 0 fully saturated rings. The summed E-state index contributed by atoms with van der Waals surface area (Å²) in [6.45, 7) is 1.86. The van der Waals surface area contributed by atoms with E-state index in [0.29, 0.717) is 12.3 Å². The molecule has 1 aromatic heterocycles. The van der Waals surface area contributed by atoms with Gasteiger partial charge in [-0.3, -0.25) is 14.3 Å². The number of aliphatic carboxylic acids is 1. The van der Waals surface area contributed by atoms with Gasteiger partial charge in [0.1, 0.15) is 6.54 Å². The maximum Gasteiger partial charge on any atom is 0.325 e. The van der Waals surface area contributed by atoms with Gasteiger partial charge in [0.2, 0.25) is 0 Å². The average Bonchev–Trinajstić information content (AvgIpc) is 2.75. The highest BCUT2D eigenvalue weighted by molar-refractivity contribution is 5.89. The van der Waals surface area contributed by atoms with Crippen molar-refractivity contribution < 1.29 is 24.2 Å². The fourth-order valence-electron chi connectivity index (χ4n) is 1.34. The molecule has 110 valence electrons. The molecule has 1 heterocycles. The van der Waals surface area contributed by atoms with Crippen molar-refractivity contribution in [3.8, 4) is 0 Å². The van der Waals surface area contributed by atoms with Crippen molar-refractivity contribution in [2.75, 3.05) is 18.5 Å². The number of carboxylic acids is 1. The van der Waals surface area contributed by atoms with Gasteiger partial charge >= 0.3 is 18.0 Å². The van der Waals surface area contributed by atoms with Gasteiger partial charge in [-0.25, -0.2) is 4.79 Å². The minimum absolute atomic E-state index is 0.0829. The SMILES string of the molecule is CCOC(=O)CCNC(=O)Nc1cnn(CC(=O)O)c1. The van der Waals surface area contributed by atoms with E-state index in [1.807, 2.05) is 0 Å². The predicted octanol–water partition coefficient (Wildman–Crippen LogP) is 0.0424. The van der Waals surface area contributed by atoms with Crippen molar-refractivity contribution in [3.63, 3.8) is 0 Å². The Morgan fingerprint density at radius 1 is 1.45 bits per heavy atom. The topological polar surface area (TPSA) is 123 Å². The number of carboxylic acid groups (broad SMARTS) is 1. The summed E-state index contributed by atoms with van der Waals surface area (Å²) in [7, 11) is 0. The second-order valence-corrected chi connectivity index (χ2v) is 3.76. The van der Waals surface area contributed by atoms with Gasteiger partial charge in [-0.1, -0.05) is 0 Å². The number of anilines is 1. The molecular weight excluding hydrogens is 268 g/mol. The lowest BCUT2D eigenvalue weighted by atomic mass is 10.4. The highest BCUT2D eigenvalue weighted by Crippen LogP contribution is 2.04. The molecule has 2 amide bonds. The zero-order valence-corrected chi connectivity index (χ0v) is 11.0. The van der Waals surface area contributed by atoms with Crippen LogP contribution in [0.25, 0.3) is 0 Å². The number of amides is 2. The summed E-state index contributed by atoms with van der Waals surface area (Å²) in [6.07, 6.45) is 2.80. The minimum atomic E-state index is -1.03. The lowest BCUT2D eigenvalue weighted by Gasteiger charge is -2.05. The summed E-state index contributed by atoms with van der Waals surface area (Å²) in [5.74, 6) is -1.42. The van der Waals surface area contributed by atoms with Crippen LogP contribution in [0.4, 0.5) is 10.5 Å². The normalized spacial score (nSPS) is 9.85. The predicted molar refractivity (Wildman–Crippen MR) is 68.1 cm³/mol. The molecule has 0 saturated carbocycles. The zero-order valence-electron chi connectivity index (χ0n) is 11.0. The molecule has 0 bridgehead atoms. The van der Waals surface area contributed by atoms with Crippen LogP contribution in [-0.4, -0.2) is 46.0 Å². The highest BCUT2D eigenvalue weighted by Gasteiger charge is 2.07. The largest absolute Gasteiger partial charge is 0.480 e. The molecule has 0 saturated heterocycles. The lowest BCUT2D eigenvalue weighted by molar-refractivity contribution is -0.143. The maximum absolute atomic E-state index is 11.5. The zero-order chi connectivity index (χ0) is 15.0. The highest BCUT2D eigenvalue weighted by atomic mass is 16.5. The molecule has 0 radical (unpaired) electrons. The van der Waals surface area contributed by atoms with Crippen LogP contribution >= 0.6 is 0 Å². The molecule has 9 nitrogen and oxygen atoms in total. The first-order chi connectivity index (χ1) is 9.51. The fraction of sp³-hybridized carbons (Fsp3) is 0.455. The summed E-state index contributed by atoms with van der Waals surface area (Å²) in [4.78, 5) is 32.9. The number of nitrogens with zero attached hydrogens (tertiary/aromatic N) is 2. The van der Waals surface area contributed by atoms with Crippen molar-refractivity contribution in [1.82, 2.24) is 15.1 Å². The molecule has 0 spiro atoms. The number of aromatic nitrogens is 2. The van der Waals surface area contributed by atoms with Gasteiger partial charge in [0.05, 0.1) is 24.9 Å². The van der Waals surface area contributed by atoms with Crippen molar-refractivity contribution >= 4 is 23.7 Å². The van der Waals surface area contributed by atoms with Gasteiger partial charge in [-0.05, 0) is 6.92 Å². The second-order valence-electron chi connectivity index (χ2n) is 3.76. The van der Waals surface area contributed by atoms with E-state index >= 15 is 0 Å². The number of hydrogen-bond donors (Lipinski definition) is 3. The molecule has 3 N–H and O–H groups in total. The Balaban J connectivity index is 2.30. The van der Waals surface area contributed by atoms with E-state index in [0.717, 1.165) is 0 Å². The molecule has 0 aliphatic rings. The molecule has 1 rings (SSSR count). The monoisotopic (exact) mass is 284 g/mol. The molecule has 1 aromatic rings. The van der Waals surface area contributed by atoms with Gasteiger partial charge in [0.15, 0.2) is 0 Å². The number of esters is 1. The van der Waals surface area contributed by atoms with Crippen molar-refractivity contribution in [2.24, 2.45) is 0 Å². The molecule has 0 aliphatic heterocycles. The molecule has 20 heavy (non-hydrogen) atoms. The van der Waals surface area contributed by atoms with Crippen LogP contribution < -0.4 is 10.6 Å². The van der Waals surface area contributed by atoms with Gasteiger partial charge < -0.3 is 20.5 Å². The van der Waals surface area contributed by atoms with Crippen molar-refractivity contribution in [2.45, 2.75) is 19.9 Å². The van der Waals surface area contributed by atoms with Crippen LogP contribution in [0.1, 0.15) is 13.3 Å². The Labute approximate surface area is 114 Å². The summed E-state index contributed by atoms with van der Waals surface area (Å²) in [5, 5.41) is 17.3. The van der Waals surface area contributed by atoms with E-state index in [4.69, 9.17) is 9.84 Å². The summed E-state index contributed by atoms with van der Waals surface area (Å²) in [6, 6.07) is -0.510. The van der Waals surface area contributed by atoms with Gasteiger partial charge in [0.25, 0.3) is 0 Å². The van der Waals surface area contributed by atoms with E-state index in [-0.39, 0.29) is 25.5 Å². The number of urea groups is 1. The van der Waals surface area contributed by atoms with Crippen LogP contribution in [0.2, 0.25) is 0 Å².